The third kappa shape index (κ3) is 4.02. The highest BCUT2D eigenvalue weighted by molar-refractivity contribution is 7.09. The fraction of sp³-hybridized carbons (Fsp3) is 0.474. The molecule has 0 radical (unpaired) electrons. The summed E-state index contributed by atoms with van der Waals surface area (Å²) in [5.41, 5.74) is 3.05. The largest absolute Gasteiger partial charge is 0.338 e. The SMILES string of the molecule is Cc1csc(C2CCCN(C(=O)c3cccc(CN(C)C)c3)C2)n1. The third-order valence-corrected chi connectivity index (χ3v) is 5.49. The van der Waals surface area contributed by atoms with Gasteiger partial charge in [-0.15, -0.1) is 11.3 Å². The second kappa shape index (κ2) is 7.45. The van der Waals surface area contributed by atoms with Gasteiger partial charge in [0.15, 0.2) is 0 Å². The first kappa shape index (κ1) is 17.1. The first-order chi connectivity index (χ1) is 11.5. The molecule has 1 saturated heterocycles. The van der Waals surface area contributed by atoms with Crippen LogP contribution in [0.3, 0.4) is 0 Å². The lowest BCUT2D eigenvalue weighted by Gasteiger charge is -2.32. The van der Waals surface area contributed by atoms with E-state index in [4.69, 9.17) is 0 Å². The molecule has 0 spiro atoms. The molecule has 5 heteroatoms. The Morgan fingerprint density at radius 1 is 1.42 bits per heavy atom. The zero-order valence-electron chi connectivity index (χ0n) is 14.7. The molecule has 128 valence electrons. The molecule has 24 heavy (non-hydrogen) atoms. The number of carbonyl (C=O) groups is 1. The van der Waals surface area contributed by atoms with Gasteiger partial charge in [-0.3, -0.25) is 4.79 Å². The van der Waals surface area contributed by atoms with Gasteiger partial charge in [-0.05, 0) is 51.6 Å². The molecule has 3 rings (SSSR count). The van der Waals surface area contributed by atoms with Gasteiger partial charge in [0.05, 0.1) is 5.01 Å². The van der Waals surface area contributed by atoms with Crippen LogP contribution in [0.5, 0.6) is 0 Å². The van der Waals surface area contributed by atoms with Gasteiger partial charge >= 0.3 is 0 Å². The molecule has 2 aromatic rings. The molecule has 1 aliphatic rings. The van der Waals surface area contributed by atoms with Crippen LogP contribution in [0.25, 0.3) is 0 Å². The number of thiazole rings is 1. The topological polar surface area (TPSA) is 36.4 Å². The van der Waals surface area contributed by atoms with Crippen LogP contribution >= 0.6 is 11.3 Å². The number of piperidine rings is 1. The van der Waals surface area contributed by atoms with Crippen molar-refractivity contribution in [1.82, 2.24) is 14.8 Å². The van der Waals surface area contributed by atoms with Crippen LogP contribution in [-0.4, -0.2) is 47.9 Å². The number of likely N-dealkylation sites (tertiary alicyclic amines) is 1. The Kier molecular flexibility index (Phi) is 5.31. The van der Waals surface area contributed by atoms with Crippen LogP contribution < -0.4 is 0 Å². The van der Waals surface area contributed by atoms with E-state index in [-0.39, 0.29) is 5.91 Å². The van der Waals surface area contributed by atoms with Gasteiger partial charge in [-0.1, -0.05) is 12.1 Å². The van der Waals surface area contributed by atoms with Gasteiger partial charge in [-0.2, -0.15) is 0 Å². The van der Waals surface area contributed by atoms with E-state index in [1.54, 1.807) is 11.3 Å². The molecule has 2 heterocycles. The third-order valence-electron chi connectivity index (χ3n) is 4.37. The Morgan fingerprint density at radius 3 is 2.96 bits per heavy atom. The zero-order chi connectivity index (χ0) is 17.1. The predicted octanol–water partition coefficient (Wildman–Crippen LogP) is 3.53. The smallest absolute Gasteiger partial charge is 0.253 e. The van der Waals surface area contributed by atoms with E-state index < -0.39 is 0 Å². The van der Waals surface area contributed by atoms with Gasteiger partial charge < -0.3 is 9.80 Å². The van der Waals surface area contributed by atoms with Crippen molar-refractivity contribution in [3.63, 3.8) is 0 Å². The van der Waals surface area contributed by atoms with E-state index in [1.165, 1.54) is 10.6 Å². The number of hydrogen-bond donors (Lipinski definition) is 0. The second-order valence-corrected chi connectivity index (χ2v) is 7.75. The lowest BCUT2D eigenvalue weighted by Crippen LogP contribution is -2.39. The molecule has 0 aliphatic carbocycles. The van der Waals surface area contributed by atoms with Crippen molar-refractivity contribution in [3.8, 4) is 0 Å². The molecule has 0 bridgehead atoms. The first-order valence-corrected chi connectivity index (χ1v) is 9.36. The first-order valence-electron chi connectivity index (χ1n) is 8.48. The lowest BCUT2D eigenvalue weighted by atomic mass is 9.97. The Hall–Kier alpha value is -1.72. The monoisotopic (exact) mass is 343 g/mol. The number of aryl methyl sites for hydroxylation is 1. The van der Waals surface area contributed by atoms with Crippen molar-refractivity contribution in [2.24, 2.45) is 0 Å². The summed E-state index contributed by atoms with van der Waals surface area (Å²) in [6.45, 7) is 4.51. The molecule has 1 amide bonds. The maximum Gasteiger partial charge on any atom is 0.253 e. The molecule has 1 atom stereocenters. The van der Waals surface area contributed by atoms with Crippen LogP contribution in [0.4, 0.5) is 0 Å². The predicted molar refractivity (Wildman–Crippen MR) is 98.6 cm³/mol. The molecule has 4 nitrogen and oxygen atoms in total. The number of benzene rings is 1. The summed E-state index contributed by atoms with van der Waals surface area (Å²) in [6, 6.07) is 8.02. The zero-order valence-corrected chi connectivity index (χ0v) is 15.5. The Morgan fingerprint density at radius 2 is 2.25 bits per heavy atom. The average Bonchev–Trinajstić information content (AvgIpc) is 3.00. The fourth-order valence-corrected chi connectivity index (χ4v) is 4.20. The van der Waals surface area contributed by atoms with Crippen LogP contribution in [-0.2, 0) is 6.54 Å². The van der Waals surface area contributed by atoms with Crippen LogP contribution in [0.15, 0.2) is 29.6 Å². The molecule has 1 fully saturated rings. The van der Waals surface area contributed by atoms with Crippen LogP contribution in [0.1, 0.15) is 45.4 Å². The van der Waals surface area contributed by atoms with E-state index in [2.05, 4.69) is 21.3 Å². The lowest BCUT2D eigenvalue weighted by molar-refractivity contribution is 0.0707. The van der Waals surface area contributed by atoms with Gasteiger partial charge in [0, 0.05) is 42.2 Å². The van der Waals surface area contributed by atoms with E-state index in [0.29, 0.717) is 5.92 Å². The minimum atomic E-state index is 0.147. The highest BCUT2D eigenvalue weighted by atomic mass is 32.1. The molecule has 1 aromatic heterocycles. The summed E-state index contributed by atoms with van der Waals surface area (Å²) in [7, 11) is 4.08. The number of amides is 1. The van der Waals surface area contributed by atoms with Gasteiger partial charge in [-0.25, -0.2) is 4.98 Å². The Bertz CT molecular complexity index is 710. The van der Waals surface area contributed by atoms with Crippen molar-refractivity contribution in [2.75, 3.05) is 27.2 Å². The van der Waals surface area contributed by atoms with E-state index in [0.717, 1.165) is 43.7 Å². The number of nitrogens with zero attached hydrogens (tertiary/aromatic N) is 3. The van der Waals surface area contributed by atoms with E-state index >= 15 is 0 Å². The summed E-state index contributed by atoms with van der Waals surface area (Å²) in [5, 5.41) is 3.27. The summed E-state index contributed by atoms with van der Waals surface area (Å²) >= 11 is 1.72. The summed E-state index contributed by atoms with van der Waals surface area (Å²) in [4.78, 5) is 21.7. The number of hydrogen-bond acceptors (Lipinski definition) is 4. The van der Waals surface area contributed by atoms with Crippen LogP contribution in [0, 0.1) is 6.92 Å². The van der Waals surface area contributed by atoms with E-state index in [1.807, 2.05) is 44.1 Å². The maximum atomic E-state index is 12.9. The molecule has 0 N–H and O–H groups in total. The minimum Gasteiger partial charge on any atom is -0.338 e. The molecule has 1 aliphatic heterocycles. The van der Waals surface area contributed by atoms with Gasteiger partial charge in [0.25, 0.3) is 5.91 Å². The standard InChI is InChI=1S/C19H25N3OS/c1-14-13-24-18(20-14)17-8-5-9-22(12-17)19(23)16-7-4-6-15(10-16)11-21(2)3/h4,6-7,10,13,17H,5,8-9,11-12H2,1-3H3. The summed E-state index contributed by atoms with van der Waals surface area (Å²) in [6.07, 6.45) is 2.17. The average molecular weight is 343 g/mol. The Balaban J connectivity index is 1.72. The highest BCUT2D eigenvalue weighted by Gasteiger charge is 2.27. The van der Waals surface area contributed by atoms with Gasteiger partial charge in [0.1, 0.15) is 0 Å². The second-order valence-electron chi connectivity index (χ2n) is 6.86. The normalized spacial score (nSPS) is 18.2. The molecular formula is C19H25N3OS. The van der Waals surface area contributed by atoms with Crippen molar-refractivity contribution in [3.05, 3.63) is 51.5 Å². The summed E-state index contributed by atoms with van der Waals surface area (Å²) < 4.78 is 0. The maximum absolute atomic E-state index is 12.9. The van der Waals surface area contributed by atoms with Crippen molar-refractivity contribution in [1.29, 1.82) is 0 Å². The number of aromatic nitrogens is 1. The van der Waals surface area contributed by atoms with Gasteiger partial charge in [0.2, 0.25) is 0 Å². The molecule has 0 saturated carbocycles. The fourth-order valence-electron chi connectivity index (χ4n) is 3.27. The quantitative estimate of drug-likeness (QED) is 0.852. The molecule has 1 unspecified atom stereocenters. The number of carbonyl (C=O) groups excluding carboxylic acids is 1. The van der Waals surface area contributed by atoms with Crippen LogP contribution in [0.2, 0.25) is 0 Å². The van der Waals surface area contributed by atoms with Crippen molar-refractivity contribution in [2.45, 2.75) is 32.2 Å². The number of rotatable bonds is 4. The molecular weight excluding hydrogens is 318 g/mol. The highest BCUT2D eigenvalue weighted by Crippen LogP contribution is 2.29. The van der Waals surface area contributed by atoms with Crippen molar-refractivity contribution >= 4 is 17.2 Å². The molecule has 1 aromatic carbocycles. The summed E-state index contributed by atoms with van der Waals surface area (Å²) in [5.74, 6) is 0.528. The van der Waals surface area contributed by atoms with Crippen molar-refractivity contribution < 1.29 is 4.79 Å². The van der Waals surface area contributed by atoms with E-state index in [9.17, 15) is 4.79 Å². The minimum absolute atomic E-state index is 0.147. The Labute approximate surface area is 148 Å².